The Hall–Kier alpha value is -0.830. The summed E-state index contributed by atoms with van der Waals surface area (Å²) in [4.78, 5) is 0. The number of rotatable bonds is 4. The quantitative estimate of drug-likeness (QED) is 0.736. The molecule has 2 rings (SSSR count). The van der Waals surface area contributed by atoms with Crippen LogP contribution in [0.25, 0.3) is 0 Å². The molecule has 3 nitrogen and oxygen atoms in total. The van der Waals surface area contributed by atoms with Crippen LogP contribution in [0.4, 0.5) is 0 Å². The Labute approximate surface area is 71.9 Å². The predicted molar refractivity (Wildman–Crippen MR) is 45.9 cm³/mol. The van der Waals surface area contributed by atoms with Gasteiger partial charge in [-0.25, -0.2) is 0 Å². The summed E-state index contributed by atoms with van der Waals surface area (Å²) < 4.78 is 4.95. The molecule has 3 heteroatoms. The van der Waals surface area contributed by atoms with Gasteiger partial charge in [0, 0.05) is 5.56 Å². The Bertz CT molecular complexity index is 253. The van der Waals surface area contributed by atoms with Crippen molar-refractivity contribution in [1.82, 2.24) is 5.16 Å². The van der Waals surface area contributed by atoms with Gasteiger partial charge < -0.3 is 10.3 Å². The van der Waals surface area contributed by atoms with Crippen molar-refractivity contribution >= 4 is 0 Å². The van der Waals surface area contributed by atoms with Crippen molar-refractivity contribution in [2.24, 2.45) is 5.73 Å². The van der Waals surface area contributed by atoms with E-state index in [2.05, 4.69) is 5.16 Å². The zero-order valence-electron chi connectivity index (χ0n) is 7.12. The number of nitrogens with zero attached hydrogens (tertiary/aromatic N) is 1. The lowest BCUT2D eigenvalue weighted by Crippen LogP contribution is -2.01. The maximum absolute atomic E-state index is 5.43. The smallest absolute Gasteiger partial charge is 0.127 e. The molecule has 0 aromatic carbocycles. The van der Waals surface area contributed by atoms with Gasteiger partial charge in [-0.3, -0.25) is 0 Å². The van der Waals surface area contributed by atoms with Crippen LogP contribution in [0.15, 0.2) is 10.8 Å². The SMILES string of the molecule is NCCCc1nocc1C1CC1. The average Bonchev–Trinajstić information content (AvgIpc) is 2.83. The molecule has 0 aliphatic heterocycles. The standard InChI is InChI=1S/C9H14N2O/c10-5-1-2-9-8(6-12-11-9)7-3-4-7/h6-7H,1-5,10H2. The monoisotopic (exact) mass is 166 g/mol. The molecule has 12 heavy (non-hydrogen) atoms. The van der Waals surface area contributed by atoms with E-state index in [0.717, 1.165) is 31.0 Å². The van der Waals surface area contributed by atoms with Crippen molar-refractivity contribution in [2.75, 3.05) is 6.54 Å². The van der Waals surface area contributed by atoms with Crippen LogP contribution >= 0.6 is 0 Å². The molecule has 1 aliphatic carbocycles. The van der Waals surface area contributed by atoms with E-state index in [1.807, 2.05) is 0 Å². The third-order valence-corrected chi connectivity index (χ3v) is 2.31. The molecule has 1 aliphatic rings. The van der Waals surface area contributed by atoms with Crippen molar-refractivity contribution < 1.29 is 4.52 Å². The van der Waals surface area contributed by atoms with E-state index < -0.39 is 0 Å². The van der Waals surface area contributed by atoms with Crippen molar-refractivity contribution in [2.45, 2.75) is 31.6 Å². The molecule has 0 amide bonds. The van der Waals surface area contributed by atoms with Crippen molar-refractivity contribution in [3.05, 3.63) is 17.5 Å². The third-order valence-electron chi connectivity index (χ3n) is 2.31. The summed E-state index contributed by atoms with van der Waals surface area (Å²) in [7, 11) is 0. The van der Waals surface area contributed by atoms with Crippen molar-refractivity contribution in [3.8, 4) is 0 Å². The maximum atomic E-state index is 5.43. The molecule has 0 unspecified atom stereocenters. The molecule has 0 spiro atoms. The molecule has 1 saturated carbocycles. The van der Waals surface area contributed by atoms with Crippen molar-refractivity contribution in [1.29, 1.82) is 0 Å². The highest BCUT2D eigenvalue weighted by atomic mass is 16.5. The second-order valence-corrected chi connectivity index (χ2v) is 3.38. The van der Waals surface area contributed by atoms with Gasteiger partial charge >= 0.3 is 0 Å². The molecule has 66 valence electrons. The number of aromatic nitrogens is 1. The first-order valence-electron chi connectivity index (χ1n) is 4.55. The van der Waals surface area contributed by atoms with Crippen LogP contribution in [0.3, 0.4) is 0 Å². The van der Waals surface area contributed by atoms with Gasteiger partial charge in [-0.15, -0.1) is 0 Å². The fourth-order valence-corrected chi connectivity index (χ4v) is 1.45. The minimum Gasteiger partial charge on any atom is -0.364 e. The van der Waals surface area contributed by atoms with E-state index in [-0.39, 0.29) is 0 Å². The van der Waals surface area contributed by atoms with Gasteiger partial charge in [0.15, 0.2) is 0 Å². The van der Waals surface area contributed by atoms with Crippen LogP contribution in [0.5, 0.6) is 0 Å². The second kappa shape index (κ2) is 3.27. The first kappa shape index (κ1) is 7.80. The lowest BCUT2D eigenvalue weighted by Gasteiger charge is -1.96. The summed E-state index contributed by atoms with van der Waals surface area (Å²) in [5.41, 5.74) is 7.88. The van der Waals surface area contributed by atoms with Crippen LogP contribution in [-0.4, -0.2) is 11.7 Å². The molecule has 1 fully saturated rings. The van der Waals surface area contributed by atoms with E-state index in [0.29, 0.717) is 0 Å². The molecule has 1 heterocycles. The van der Waals surface area contributed by atoms with Crippen molar-refractivity contribution in [3.63, 3.8) is 0 Å². The normalized spacial score (nSPS) is 16.8. The Morgan fingerprint density at radius 3 is 3.08 bits per heavy atom. The van der Waals surface area contributed by atoms with Crippen LogP contribution in [-0.2, 0) is 6.42 Å². The summed E-state index contributed by atoms with van der Waals surface area (Å²) in [6.07, 6.45) is 6.38. The lowest BCUT2D eigenvalue weighted by molar-refractivity contribution is 0.410. The van der Waals surface area contributed by atoms with E-state index in [9.17, 15) is 0 Å². The Balaban J connectivity index is 2.03. The minimum absolute atomic E-state index is 0.733. The van der Waals surface area contributed by atoms with Crippen LogP contribution < -0.4 is 5.73 Å². The predicted octanol–water partition coefficient (Wildman–Crippen LogP) is 1.44. The number of hydrogen-bond acceptors (Lipinski definition) is 3. The molecular formula is C9H14N2O. The third kappa shape index (κ3) is 1.50. The molecule has 0 atom stereocenters. The summed E-state index contributed by atoms with van der Waals surface area (Å²) in [6.45, 7) is 0.733. The number of nitrogens with two attached hydrogens (primary N) is 1. The fraction of sp³-hybridized carbons (Fsp3) is 0.667. The molecule has 2 N–H and O–H groups in total. The topological polar surface area (TPSA) is 52.0 Å². The van der Waals surface area contributed by atoms with Crippen LogP contribution in [0.2, 0.25) is 0 Å². The van der Waals surface area contributed by atoms with E-state index in [4.69, 9.17) is 10.3 Å². The molecule has 0 saturated heterocycles. The van der Waals surface area contributed by atoms with Gasteiger partial charge in [-0.2, -0.15) is 0 Å². The lowest BCUT2D eigenvalue weighted by atomic mass is 10.1. The van der Waals surface area contributed by atoms with E-state index >= 15 is 0 Å². The van der Waals surface area contributed by atoms with Gasteiger partial charge in [0.1, 0.15) is 6.26 Å². The van der Waals surface area contributed by atoms with E-state index in [1.165, 1.54) is 18.4 Å². The average molecular weight is 166 g/mol. The van der Waals surface area contributed by atoms with Gasteiger partial charge in [0.25, 0.3) is 0 Å². The number of aryl methyl sites for hydroxylation is 1. The Morgan fingerprint density at radius 1 is 1.58 bits per heavy atom. The minimum atomic E-state index is 0.733. The fourth-order valence-electron chi connectivity index (χ4n) is 1.45. The van der Waals surface area contributed by atoms with E-state index in [1.54, 1.807) is 6.26 Å². The molecule has 0 radical (unpaired) electrons. The zero-order valence-corrected chi connectivity index (χ0v) is 7.12. The Kier molecular flexibility index (Phi) is 2.13. The first-order chi connectivity index (χ1) is 5.92. The summed E-state index contributed by atoms with van der Waals surface area (Å²) in [6, 6.07) is 0. The van der Waals surface area contributed by atoms with Crippen LogP contribution in [0, 0.1) is 0 Å². The zero-order chi connectivity index (χ0) is 8.39. The second-order valence-electron chi connectivity index (χ2n) is 3.38. The molecule has 1 aromatic heterocycles. The molecule has 0 bridgehead atoms. The molecular weight excluding hydrogens is 152 g/mol. The highest BCUT2D eigenvalue weighted by molar-refractivity contribution is 5.24. The highest BCUT2D eigenvalue weighted by Crippen LogP contribution is 2.41. The Morgan fingerprint density at radius 2 is 2.42 bits per heavy atom. The van der Waals surface area contributed by atoms with Crippen LogP contribution in [0.1, 0.15) is 36.4 Å². The van der Waals surface area contributed by atoms with Gasteiger partial charge in [-0.1, -0.05) is 5.16 Å². The molecule has 1 aromatic rings. The largest absolute Gasteiger partial charge is 0.364 e. The van der Waals surface area contributed by atoms with Gasteiger partial charge in [0.2, 0.25) is 0 Å². The summed E-state index contributed by atoms with van der Waals surface area (Å²) in [5, 5.41) is 3.98. The summed E-state index contributed by atoms with van der Waals surface area (Å²) >= 11 is 0. The number of hydrogen-bond donors (Lipinski definition) is 1. The van der Waals surface area contributed by atoms with Gasteiger partial charge in [-0.05, 0) is 38.1 Å². The highest BCUT2D eigenvalue weighted by Gasteiger charge is 2.27. The maximum Gasteiger partial charge on any atom is 0.127 e. The first-order valence-corrected chi connectivity index (χ1v) is 4.55. The summed E-state index contributed by atoms with van der Waals surface area (Å²) in [5.74, 6) is 0.740. The van der Waals surface area contributed by atoms with Gasteiger partial charge in [0.05, 0.1) is 5.69 Å².